The van der Waals surface area contributed by atoms with Crippen molar-refractivity contribution in [3.8, 4) is 5.75 Å². The van der Waals surface area contributed by atoms with Crippen molar-refractivity contribution in [3.63, 3.8) is 0 Å². The van der Waals surface area contributed by atoms with Crippen LogP contribution in [0.5, 0.6) is 5.75 Å². The summed E-state index contributed by atoms with van der Waals surface area (Å²) in [6.07, 6.45) is 1.29. The SMILES string of the molecule is N/C(CCCOc1ccccc1)=N/O. The van der Waals surface area contributed by atoms with Gasteiger partial charge in [-0.25, -0.2) is 0 Å². The molecule has 0 saturated heterocycles. The molecule has 0 amide bonds. The fourth-order valence-corrected chi connectivity index (χ4v) is 1.01. The first kappa shape index (κ1) is 10.4. The summed E-state index contributed by atoms with van der Waals surface area (Å²) in [4.78, 5) is 0. The van der Waals surface area contributed by atoms with E-state index in [0.29, 0.717) is 13.0 Å². The molecule has 0 saturated carbocycles. The number of hydrogen-bond donors (Lipinski definition) is 2. The van der Waals surface area contributed by atoms with Gasteiger partial charge < -0.3 is 15.7 Å². The maximum Gasteiger partial charge on any atom is 0.139 e. The Kier molecular flexibility index (Phi) is 4.34. The molecule has 0 aliphatic rings. The molecule has 0 unspecified atom stereocenters. The van der Waals surface area contributed by atoms with Crippen molar-refractivity contribution >= 4 is 5.84 Å². The normalized spacial score (nSPS) is 11.3. The minimum Gasteiger partial charge on any atom is -0.494 e. The molecule has 0 fully saturated rings. The topological polar surface area (TPSA) is 67.8 Å². The lowest BCUT2D eigenvalue weighted by atomic mass is 10.3. The lowest BCUT2D eigenvalue weighted by Crippen LogP contribution is -2.12. The quantitative estimate of drug-likeness (QED) is 0.246. The molecular formula is C10H14N2O2. The zero-order chi connectivity index (χ0) is 10.2. The Morgan fingerprint density at radius 1 is 1.36 bits per heavy atom. The van der Waals surface area contributed by atoms with E-state index < -0.39 is 0 Å². The van der Waals surface area contributed by atoms with Crippen LogP contribution in [0.15, 0.2) is 35.5 Å². The fourth-order valence-electron chi connectivity index (χ4n) is 1.01. The Hall–Kier alpha value is -1.71. The molecule has 1 aromatic rings. The summed E-state index contributed by atoms with van der Waals surface area (Å²) < 4.78 is 5.41. The second kappa shape index (κ2) is 5.85. The first-order valence-electron chi connectivity index (χ1n) is 4.47. The molecule has 14 heavy (non-hydrogen) atoms. The Bertz CT molecular complexity index is 285. The molecule has 0 aromatic heterocycles. The zero-order valence-corrected chi connectivity index (χ0v) is 7.89. The van der Waals surface area contributed by atoms with Gasteiger partial charge in [0.15, 0.2) is 0 Å². The number of nitrogens with zero attached hydrogens (tertiary/aromatic N) is 1. The summed E-state index contributed by atoms with van der Waals surface area (Å²) in [5, 5.41) is 11.1. The first-order valence-corrected chi connectivity index (χ1v) is 4.47. The zero-order valence-electron chi connectivity index (χ0n) is 7.89. The van der Waals surface area contributed by atoms with Crippen LogP contribution in [-0.2, 0) is 0 Å². The van der Waals surface area contributed by atoms with Crippen LogP contribution >= 0.6 is 0 Å². The van der Waals surface area contributed by atoms with E-state index in [-0.39, 0.29) is 5.84 Å². The summed E-state index contributed by atoms with van der Waals surface area (Å²) in [5.41, 5.74) is 5.30. The minimum atomic E-state index is 0.238. The largest absolute Gasteiger partial charge is 0.494 e. The molecule has 1 rings (SSSR count). The summed E-state index contributed by atoms with van der Waals surface area (Å²) in [5.74, 6) is 1.08. The minimum absolute atomic E-state index is 0.238. The van der Waals surface area contributed by atoms with Crippen molar-refractivity contribution in [2.45, 2.75) is 12.8 Å². The third kappa shape index (κ3) is 3.80. The second-order valence-corrected chi connectivity index (χ2v) is 2.86. The molecule has 0 heterocycles. The number of oxime groups is 1. The van der Waals surface area contributed by atoms with Gasteiger partial charge in [0.25, 0.3) is 0 Å². The highest BCUT2D eigenvalue weighted by Crippen LogP contribution is 2.08. The highest BCUT2D eigenvalue weighted by molar-refractivity contribution is 5.79. The summed E-state index contributed by atoms with van der Waals surface area (Å²) in [7, 11) is 0. The van der Waals surface area contributed by atoms with Gasteiger partial charge in [-0.3, -0.25) is 0 Å². The average molecular weight is 194 g/mol. The molecule has 3 N–H and O–H groups in total. The molecule has 0 atom stereocenters. The van der Waals surface area contributed by atoms with Crippen LogP contribution in [0.4, 0.5) is 0 Å². The van der Waals surface area contributed by atoms with Gasteiger partial charge in [-0.2, -0.15) is 0 Å². The van der Waals surface area contributed by atoms with Crippen molar-refractivity contribution in [2.24, 2.45) is 10.9 Å². The molecular weight excluding hydrogens is 180 g/mol. The number of rotatable bonds is 5. The third-order valence-electron chi connectivity index (χ3n) is 1.72. The van der Waals surface area contributed by atoms with Crippen molar-refractivity contribution in [2.75, 3.05) is 6.61 Å². The van der Waals surface area contributed by atoms with Gasteiger partial charge in [0.2, 0.25) is 0 Å². The molecule has 76 valence electrons. The van der Waals surface area contributed by atoms with Crippen molar-refractivity contribution < 1.29 is 9.94 Å². The number of ether oxygens (including phenoxy) is 1. The highest BCUT2D eigenvalue weighted by Gasteiger charge is 1.94. The van der Waals surface area contributed by atoms with Crippen LogP contribution in [0, 0.1) is 0 Å². The lowest BCUT2D eigenvalue weighted by Gasteiger charge is -2.04. The Morgan fingerprint density at radius 2 is 2.07 bits per heavy atom. The molecule has 0 radical (unpaired) electrons. The second-order valence-electron chi connectivity index (χ2n) is 2.86. The molecule has 0 aliphatic heterocycles. The van der Waals surface area contributed by atoms with Crippen LogP contribution in [0.25, 0.3) is 0 Å². The number of para-hydroxylation sites is 1. The Morgan fingerprint density at radius 3 is 2.71 bits per heavy atom. The van der Waals surface area contributed by atoms with Crippen LogP contribution in [0.2, 0.25) is 0 Å². The summed E-state index contributed by atoms with van der Waals surface area (Å²) in [6, 6.07) is 9.55. The molecule has 1 aromatic carbocycles. The summed E-state index contributed by atoms with van der Waals surface area (Å²) in [6.45, 7) is 0.570. The Balaban J connectivity index is 2.17. The van der Waals surface area contributed by atoms with Gasteiger partial charge in [-0.15, -0.1) is 0 Å². The van der Waals surface area contributed by atoms with Crippen molar-refractivity contribution in [3.05, 3.63) is 30.3 Å². The van der Waals surface area contributed by atoms with Crippen LogP contribution in [-0.4, -0.2) is 17.6 Å². The molecule has 4 heteroatoms. The summed E-state index contributed by atoms with van der Waals surface area (Å²) >= 11 is 0. The maximum absolute atomic E-state index is 8.27. The predicted molar refractivity (Wildman–Crippen MR) is 54.6 cm³/mol. The number of hydrogen-bond acceptors (Lipinski definition) is 3. The van der Waals surface area contributed by atoms with E-state index in [1.54, 1.807) is 0 Å². The number of benzene rings is 1. The molecule has 0 spiro atoms. The average Bonchev–Trinajstić information content (AvgIpc) is 2.25. The van der Waals surface area contributed by atoms with Gasteiger partial charge in [0.1, 0.15) is 11.6 Å². The van der Waals surface area contributed by atoms with Gasteiger partial charge in [-0.05, 0) is 18.6 Å². The molecule has 4 nitrogen and oxygen atoms in total. The van der Waals surface area contributed by atoms with E-state index in [1.807, 2.05) is 30.3 Å². The van der Waals surface area contributed by atoms with Gasteiger partial charge in [-0.1, -0.05) is 23.4 Å². The Labute approximate surface area is 83.0 Å². The van der Waals surface area contributed by atoms with Crippen molar-refractivity contribution in [1.82, 2.24) is 0 Å². The predicted octanol–water partition coefficient (Wildman–Crippen LogP) is 1.59. The number of nitrogens with two attached hydrogens (primary N) is 1. The standard InChI is InChI=1S/C10H14N2O2/c11-10(12-13)7-4-8-14-9-5-2-1-3-6-9/h1-3,5-6,13H,4,7-8H2,(H2,11,12). The smallest absolute Gasteiger partial charge is 0.139 e. The first-order chi connectivity index (χ1) is 6.83. The van der Waals surface area contributed by atoms with E-state index in [1.165, 1.54) is 0 Å². The van der Waals surface area contributed by atoms with Crippen LogP contribution < -0.4 is 10.5 Å². The van der Waals surface area contributed by atoms with E-state index in [2.05, 4.69) is 5.16 Å². The van der Waals surface area contributed by atoms with Gasteiger partial charge in [0, 0.05) is 6.42 Å². The van der Waals surface area contributed by atoms with Gasteiger partial charge in [0.05, 0.1) is 6.61 Å². The van der Waals surface area contributed by atoms with Crippen LogP contribution in [0.3, 0.4) is 0 Å². The number of amidine groups is 1. The van der Waals surface area contributed by atoms with E-state index >= 15 is 0 Å². The van der Waals surface area contributed by atoms with E-state index in [4.69, 9.17) is 15.7 Å². The monoisotopic (exact) mass is 194 g/mol. The highest BCUT2D eigenvalue weighted by atomic mass is 16.5. The van der Waals surface area contributed by atoms with Gasteiger partial charge >= 0.3 is 0 Å². The maximum atomic E-state index is 8.27. The van der Waals surface area contributed by atoms with Crippen LogP contribution in [0.1, 0.15) is 12.8 Å². The van der Waals surface area contributed by atoms with E-state index in [0.717, 1.165) is 12.2 Å². The fraction of sp³-hybridized carbons (Fsp3) is 0.300. The third-order valence-corrected chi connectivity index (χ3v) is 1.72. The van der Waals surface area contributed by atoms with Crippen molar-refractivity contribution in [1.29, 1.82) is 0 Å². The molecule has 0 bridgehead atoms. The molecule has 0 aliphatic carbocycles. The lowest BCUT2D eigenvalue weighted by molar-refractivity contribution is 0.305. The van der Waals surface area contributed by atoms with E-state index in [9.17, 15) is 0 Å².